The maximum Gasteiger partial charge on any atom is 0.418 e. The van der Waals surface area contributed by atoms with Gasteiger partial charge >= 0.3 is 16.4 Å². The number of rotatable bonds is 19. The predicted octanol–water partition coefficient (Wildman–Crippen LogP) is 0.401. The van der Waals surface area contributed by atoms with Gasteiger partial charge in [0, 0.05) is 31.4 Å². The Hall–Kier alpha value is -4.47. The molecule has 0 aliphatic carbocycles. The van der Waals surface area contributed by atoms with Crippen LogP contribution in [0.15, 0.2) is 47.2 Å². The van der Waals surface area contributed by atoms with Gasteiger partial charge in [0.05, 0.1) is 29.8 Å². The summed E-state index contributed by atoms with van der Waals surface area (Å²) in [4.78, 5) is 47.3. The number of carboxylic acids is 1. The Morgan fingerprint density at radius 2 is 1.98 bits per heavy atom. The fraction of sp³-hybridized carbons (Fsp3) is 0.484. The summed E-state index contributed by atoms with van der Waals surface area (Å²) in [7, 11) is -3.01. The van der Waals surface area contributed by atoms with Crippen LogP contribution in [0.1, 0.15) is 32.4 Å². The first-order chi connectivity index (χ1) is 24.1. The summed E-state index contributed by atoms with van der Waals surface area (Å²) in [6, 6.07) is 7.11. The number of anilines is 1. The number of Topliss-reactive ketones (excluding diaryl/α,β-unsaturated/α-hetero) is 1. The normalized spacial score (nSPS) is 18.2. The number of nitrogens with two attached hydrogens (primary N) is 1. The third-order valence-corrected chi connectivity index (χ3v) is 9.67. The lowest BCUT2D eigenvalue weighted by atomic mass is 9.74. The van der Waals surface area contributed by atoms with Crippen molar-refractivity contribution in [3.63, 3.8) is 0 Å². The molecule has 0 saturated carbocycles. The Labute approximate surface area is 298 Å². The van der Waals surface area contributed by atoms with Gasteiger partial charge in [-0.05, 0) is 50.4 Å². The van der Waals surface area contributed by atoms with E-state index in [4.69, 9.17) is 19.9 Å². The number of thiazole rings is 1. The number of ether oxygens (including phenoxy) is 1. The zero-order chi connectivity index (χ0) is 36.9. The summed E-state index contributed by atoms with van der Waals surface area (Å²) in [5.41, 5.74) is 5.95. The molecule has 2 aromatic heterocycles. The van der Waals surface area contributed by atoms with Crippen LogP contribution in [0.4, 0.5) is 5.13 Å². The number of aromatic nitrogens is 3. The molecule has 0 spiro atoms. The molecule has 4 heterocycles. The van der Waals surface area contributed by atoms with Gasteiger partial charge in [-0.15, -0.1) is 20.3 Å². The number of benzene rings is 1. The van der Waals surface area contributed by atoms with Gasteiger partial charge in [0.25, 0.3) is 12.0 Å². The van der Waals surface area contributed by atoms with Crippen molar-refractivity contribution in [2.75, 3.05) is 38.5 Å². The largest absolute Gasteiger partial charge is 0.489 e. The first-order valence-corrected chi connectivity index (χ1v) is 18.3. The summed E-state index contributed by atoms with van der Waals surface area (Å²) < 4.78 is 45.5. The van der Waals surface area contributed by atoms with E-state index in [0.717, 1.165) is 67.5 Å². The average Bonchev–Trinajstić information content (AvgIpc) is 3.65. The van der Waals surface area contributed by atoms with E-state index in [0.29, 0.717) is 10.8 Å². The zero-order valence-corrected chi connectivity index (χ0v) is 29.9. The number of β-lactam (4-membered cyclic amide) rings is 1. The highest BCUT2D eigenvalue weighted by molar-refractivity contribution is 7.80. The summed E-state index contributed by atoms with van der Waals surface area (Å²) in [6.07, 6.45) is 2.95. The van der Waals surface area contributed by atoms with Crippen molar-refractivity contribution in [1.29, 1.82) is 0 Å². The molecule has 1 aromatic carbocycles. The molecule has 1 amide bonds. The van der Waals surface area contributed by atoms with Crippen molar-refractivity contribution in [3.8, 4) is 16.9 Å². The fourth-order valence-corrected chi connectivity index (χ4v) is 6.56. The van der Waals surface area contributed by atoms with Crippen molar-refractivity contribution in [3.05, 3.63) is 47.7 Å². The second kappa shape index (κ2) is 15.8. The number of hydroxylamine groups is 2. The SMILES string of the molecule is C[n+]1cc(-c2ccc(OC[C@H](O/N=C(\C(=O)C[C@@H]3C(=O)N(OS(=O)(=O)O)C3(C)C)c3csc(N)n3)C(=O)O)cc2)cn1CCCNCC1CNC1. The fourth-order valence-electron chi connectivity index (χ4n) is 5.56. The Morgan fingerprint density at radius 3 is 2.57 bits per heavy atom. The second-order valence-corrected chi connectivity index (χ2v) is 14.7. The summed E-state index contributed by atoms with van der Waals surface area (Å²) in [6.45, 7) is 7.39. The Bertz CT molecular complexity index is 1870. The molecule has 276 valence electrons. The predicted molar refractivity (Wildman–Crippen MR) is 183 cm³/mol. The van der Waals surface area contributed by atoms with E-state index in [1.807, 2.05) is 30.1 Å². The molecule has 2 atom stereocenters. The number of nitrogen functional groups attached to an aromatic ring is 1. The molecule has 6 N–H and O–H groups in total. The van der Waals surface area contributed by atoms with Crippen LogP contribution in [-0.2, 0) is 47.5 Å². The quantitative estimate of drug-likeness (QED) is 0.0279. The topological polar surface area (TPSA) is 241 Å². The van der Waals surface area contributed by atoms with Gasteiger partial charge in [-0.1, -0.05) is 17.3 Å². The van der Waals surface area contributed by atoms with Crippen molar-refractivity contribution < 1.29 is 51.0 Å². The highest BCUT2D eigenvalue weighted by Crippen LogP contribution is 2.40. The van der Waals surface area contributed by atoms with Gasteiger partial charge in [0.2, 0.25) is 6.20 Å². The molecule has 2 aliphatic rings. The lowest BCUT2D eigenvalue weighted by molar-refractivity contribution is -0.753. The van der Waals surface area contributed by atoms with Crippen molar-refractivity contribution >= 4 is 50.2 Å². The summed E-state index contributed by atoms with van der Waals surface area (Å²) >= 11 is 0.994. The molecule has 20 heteroatoms. The minimum absolute atomic E-state index is 0.0145. The number of carbonyl (C=O) groups is 3. The van der Waals surface area contributed by atoms with Crippen LogP contribution in [0.5, 0.6) is 5.75 Å². The van der Waals surface area contributed by atoms with Crippen LogP contribution in [0.25, 0.3) is 11.1 Å². The van der Waals surface area contributed by atoms with Crippen LogP contribution in [0.2, 0.25) is 0 Å². The minimum Gasteiger partial charge on any atom is -0.489 e. The molecule has 2 saturated heterocycles. The van der Waals surface area contributed by atoms with Crippen LogP contribution in [0, 0.1) is 11.8 Å². The van der Waals surface area contributed by atoms with Crippen LogP contribution < -0.4 is 25.8 Å². The monoisotopic (exact) mass is 749 g/mol. The molecule has 0 radical (unpaired) electrons. The van der Waals surface area contributed by atoms with Crippen molar-refractivity contribution in [2.24, 2.45) is 24.0 Å². The molecular formula is C31H41N8O10S2+. The molecule has 2 aliphatic heterocycles. The smallest absolute Gasteiger partial charge is 0.418 e. The maximum atomic E-state index is 13.4. The van der Waals surface area contributed by atoms with Gasteiger partial charge in [-0.25, -0.2) is 9.78 Å². The van der Waals surface area contributed by atoms with E-state index in [1.165, 1.54) is 19.2 Å². The van der Waals surface area contributed by atoms with Gasteiger partial charge < -0.3 is 31.0 Å². The Balaban J connectivity index is 1.18. The van der Waals surface area contributed by atoms with Gasteiger partial charge in [0.1, 0.15) is 18.1 Å². The first kappa shape index (κ1) is 37.8. The molecule has 0 bridgehead atoms. The number of aryl methyl sites for hydroxylation is 2. The number of ketones is 1. The Kier molecular flexibility index (Phi) is 11.7. The molecule has 3 aromatic rings. The third kappa shape index (κ3) is 9.45. The molecule has 0 unspecified atom stereocenters. The van der Waals surface area contributed by atoms with E-state index >= 15 is 0 Å². The number of carboxylic acid groups (broad SMARTS) is 1. The minimum atomic E-state index is -4.99. The standard InChI is InChI=1S/C31H40N8O10S2/c1-31(2)23(28(41)39(31)49-51(44,45)46)11-25(40)27(24-18-50-30(32)35-24)36-48-26(29(42)43)17-47-22-7-5-20(6-8-22)21-15-37(3)38(16-21)10-4-9-33-12-19-13-34-14-19/h5-8,15-16,18-19,23,26,33-34H,4,9-14,17H2,1-3H3,(H3-,32,35,42,43,44,45,46)/p+1/b36-27-/t23-,26+/m1/s1. The third-order valence-electron chi connectivity index (χ3n) is 8.66. The molecule has 51 heavy (non-hydrogen) atoms. The molecule has 18 nitrogen and oxygen atoms in total. The lowest BCUT2D eigenvalue weighted by Gasteiger charge is -2.50. The number of nitrogens with one attached hydrogen (secondary N) is 2. The van der Waals surface area contributed by atoms with Crippen LogP contribution in [-0.4, -0.2) is 101 Å². The van der Waals surface area contributed by atoms with E-state index in [1.54, 1.807) is 12.1 Å². The maximum absolute atomic E-state index is 13.4. The van der Waals surface area contributed by atoms with Gasteiger partial charge in [-0.3, -0.25) is 14.1 Å². The average molecular weight is 750 g/mol. The summed E-state index contributed by atoms with van der Waals surface area (Å²) in [5.74, 6) is -3.03. The first-order valence-electron chi connectivity index (χ1n) is 16.1. The van der Waals surface area contributed by atoms with Crippen molar-refractivity contribution in [1.82, 2.24) is 25.4 Å². The second-order valence-electron chi connectivity index (χ2n) is 12.8. The molecular weight excluding hydrogens is 709 g/mol. The number of hydrogen-bond donors (Lipinski definition) is 5. The Morgan fingerprint density at radius 1 is 1.25 bits per heavy atom. The van der Waals surface area contributed by atoms with E-state index in [-0.39, 0.29) is 10.8 Å². The number of carbonyl (C=O) groups excluding carboxylic acids is 2. The number of hydrogen-bond acceptors (Lipinski definition) is 14. The zero-order valence-electron chi connectivity index (χ0n) is 28.2. The van der Waals surface area contributed by atoms with E-state index in [9.17, 15) is 27.9 Å². The number of nitrogens with zero attached hydrogens (tertiary/aromatic N) is 5. The van der Waals surface area contributed by atoms with Gasteiger partial charge in [-0.2, -0.15) is 18.2 Å². The lowest BCUT2D eigenvalue weighted by Crippen LogP contribution is -2.68. The highest BCUT2D eigenvalue weighted by Gasteiger charge is 2.57. The number of aliphatic carboxylic acids is 1. The highest BCUT2D eigenvalue weighted by atomic mass is 32.3. The van der Waals surface area contributed by atoms with E-state index < -0.39 is 64.4 Å². The summed E-state index contributed by atoms with van der Waals surface area (Å²) in [5, 5.41) is 22.3. The van der Waals surface area contributed by atoms with E-state index in [2.05, 4.69) is 35.9 Å². The molecule has 5 rings (SSSR count). The number of oxime groups is 1. The van der Waals surface area contributed by atoms with Crippen LogP contribution >= 0.6 is 11.3 Å². The van der Waals surface area contributed by atoms with Crippen LogP contribution in [0.3, 0.4) is 0 Å². The van der Waals surface area contributed by atoms with Gasteiger partial charge in [0.15, 0.2) is 23.7 Å². The molecule has 2 fully saturated rings. The number of amides is 1. The van der Waals surface area contributed by atoms with Crippen molar-refractivity contribution in [2.45, 2.75) is 44.9 Å².